The van der Waals surface area contributed by atoms with Gasteiger partial charge >= 0.3 is 0 Å². The summed E-state index contributed by atoms with van der Waals surface area (Å²) >= 11 is 6.07. The van der Waals surface area contributed by atoms with Gasteiger partial charge in [0.2, 0.25) is 0 Å². The molecule has 0 aliphatic rings. The zero-order valence-electron chi connectivity index (χ0n) is 13.4. The number of nitrogens with one attached hydrogen (secondary N) is 1. The van der Waals surface area contributed by atoms with Gasteiger partial charge in [0.1, 0.15) is 5.82 Å². The monoisotopic (exact) mass is 356 g/mol. The van der Waals surface area contributed by atoms with Crippen LogP contribution in [0.1, 0.15) is 11.3 Å². The standard InChI is InChI=1S/C19H17ClN2OS/c1-13-11-17(24(23)22-19-8-3-5-14(2)21-19)9-10-18(13)15-6-4-7-16(20)12-15/h3-12H,1-2H3,(H,21,22). The fourth-order valence-corrected chi connectivity index (χ4v) is 3.57. The third kappa shape index (κ3) is 3.83. The molecular weight excluding hydrogens is 340 g/mol. The molecule has 0 aliphatic carbocycles. The SMILES string of the molecule is Cc1cccc(NS(=O)c2ccc(-c3cccc(Cl)c3)c(C)c2)n1. The molecule has 1 atom stereocenters. The van der Waals surface area contributed by atoms with Gasteiger partial charge in [0, 0.05) is 10.7 Å². The van der Waals surface area contributed by atoms with Crippen LogP contribution in [-0.4, -0.2) is 9.19 Å². The third-order valence-corrected chi connectivity index (χ3v) is 4.94. The summed E-state index contributed by atoms with van der Waals surface area (Å²) in [4.78, 5) is 5.03. The maximum Gasteiger partial charge on any atom is 0.151 e. The second kappa shape index (κ2) is 7.16. The first kappa shape index (κ1) is 16.7. The van der Waals surface area contributed by atoms with Gasteiger partial charge in [0.25, 0.3) is 0 Å². The number of benzene rings is 2. The summed E-state index contributed by atoms with van der Waals surface area (Å²) in [5.41, 5.74) is 4.05. The molecule has 1 aromatic heterocycles. The molecule has 0 radical (unpaired) electrons. The number of hydrogen-bond acceptors (Lipinski definition) is 2. The van der Waals surface area contributed by atoms with Crippen LogP contribution in [0.25, 0.3) is 11.1 Å². The molecule has 122 valence electrons. The lowest BCUT2D eigenvalue weighted by Gasteiger charge is -2.10. The summed E-state index contributed by atoms with van der Waals surface area (Å²) < 4.78 is 15.5. The largest absolute Gasteiger partial charge is 0.285 e. The molecule has 0 aliphatic heterocycles. The zero-order chi connectivity index (χ0) is 17.1. The van der Waals surface area contributed by atoms with E-state index in [4.69, 9.17) is 11.6 Å². The Kier molecular flexibility index (Phi) is 4.97. The van der Waals surface area contributed by atoms with Gasteiger partial charge < -0.3 is 0 Å². The predicted molar refractivity (Wildman–Crippen MR) is 101 cm³/mol. The van der Waals surface area contributed by atoms with E-state index >= 15 is 0 Å². The molecule has 2 aromatic carbocycles. The van der Waals surface area contributed by atoms with E-state index in [2.05, 4.69) is 9.71 Å². The highest BCUT2D eigenvalue weighted by atomic mass is 35.5. The van der Waals surface area contributed by atoms with Gasteiger partial charge in [-0.2, -0.15) is 0 Å². The Morgan fingerprint density at radius 2 is 1.79 bits per heavy atom. The molecule has 0 bridgehead atoms. The number of pyridine rings is 1. The van der Waals surface area contributed by atoms with Gasteiger partial charge in [0.05, 0.1) is 4.90 Å². The van der Waals surface area contributed by atoms with Crippen molar-refractivity contribution < 1.29 is 4.21 Å². The maximum absolute atomic E-state index is 12.5. The first-order valence-electron chi connectivity index (χ1n) is 7.51. The average molecular weight is 357 g/mol. The molecule has 1 N–H and O–H groups in total. The molecule has 5 heteroatoms. The molecule has 3 aromatic rings. The van der Waals surface area contributed by atoms with Crippen molar-refractivity contribution in [1.82, 2.24) is 4.98 Å². The molecule has 0 saturated heterocycles. The Labute approximate surface area is 149 Å². The van der Waals surface area contributed by atoms with Gasteiger partial charge in [-0.1, -0.05) is 35.9 Å². The lowest BCUT2D eigenvalue weighted by Crippen LogP contribution is -2.06. The Morgan fingerprint density at radius 1 is 1.00 bits per heavy atom. The van der Waals surface area contributed by atoms with Crippen LogP contribution >= 0.6 is 11.6 Å². The van der Waals surface area contributed by atoms with Gasteiger partial charge in [-0.25, -0.2) is 9.19 Å². The summed E-state index contributed by atoms with van der Waals surface area (Å²) in [6.45, 7) is 3.90. The quantitative estimate of drug-likeness (QED) is 0.702. The Hall–Kier alpha value is -2.17. The Bertz CT molecular complexity index is 911. The van der Waals surface area contributed by atoms with Crippen LogP contribution in [-0.2, 0) is 11.0 Å². The fraction of sp³-hybridized carbons (Fsp3) is 0.105. The summed E-state index contributed by atoms with van der Waals surface area (Å²) in [6, 6.07) is 19.1. The van der Waals surface area contributed by atoms with E-state index < -0.39 is 11.0 Å². The molecule has 0 spiro atoms. The number of hydrogen-bond donors (Lipinski definition) is 1. The number of rotatable bonds is 4. The van der Waals surface area contributed by atoms with Crippen LogP contribution in [0.15, 0.2) is 65.6 Å². The minimum absolute atomic E-state index is 0.602. The van der Waals surface area contributed by atoms with Gasteiger partial charge in [-0.05, 0) is 66.9 Å². The molecule has 0 saturated carbocycles. The molecule has 1 unspecified atom stereocenters. The van der Waals surface area contributed by atoms with Crippen molar-refractivity contribution in [3.05, 3.63) is 76.9 Å². The molecule has 3 rings (SSSR count). The van der Waals surface area contributed by atoms with E-state index in [9.17, 15) is 4.21 Å². The summed E-state index contributed by atoms with van der Waals surface area (Å²) in [5.74, 6) is 0.602. The lowest BCUT2D eigenvalue weighted by atomic mass is 10.0. The molecule has 24 heavy (non-hydrogen) atoms. The first-order chi connectivity index (χ1) is 11.5. The van der Waals surface area contributed by atoms with Crippen molar-refractivity contribution in [2.24, 2.45) is 0 Å². The molecule has 0 amide bonds. The normalized spacial score (nSPS) is 12.0. The van der Waals surface area contributed by atoms with Crippen molar-refractivity contribution in [2.75, 3.05) is 4.72 Å². The topological polar surface area (TPSA) is 42.0 Å². The van der Waals surface area contributed by atoms with Gasteiger partial charge in [0.15, 0.2) is 11.0 Å². The van der Waals surface area contributed by atoms with E-state index in [1.807, 2.05) is 68.4 Å². The molecular formula is C19H17ClN2OS. The number of nitrogens with zero attached hydrogens (tertiary/aromatic N) is 1. The second-order valence-electron chi connectivity index (χ2n) is 5.52. The summed E-state index contributed by atoms with van der Waals surface area (Å²) in [7, 11) is -1.36. The number of anilines is 1. The van der Waals surface area contributed by atoms with Crippen LogP contribution in [0, 0.1) is 13.8 Å². The van der Waals surface area contributed by atoms with E-state index in [-0.39, 0.29) is 0 Å². The Morgan fingerprint density at radius 3 is 2.50 bits per heavy atom. The molecule has 0 fully saturated rings. The second-order valence-corrected chi connectivity index (χ2v) is 7.17. The van der Waals surface area contributed by atoms with Gasteiger partial charge in [-0.3, -0.25) is 4.72 Å². The zero-order valence-corrected chi connectivity index (χ0v) is 15.0. The van der Waals surface area contributed by atoms with E-state index in [1.165, 1.54) is 0 Å². The summed E-state index contributed by atoms with van der Waals surface area (Å²) in [5, 5.41) is 0.701. The number of aryl methyl sites for hydroxylation is 2. The van der Waals surface area contributed by atoms with E-state index in [0.29, 0.717) is 15.7 Å². The highest BCUT2D eigenvalue weighted by molar-refractivity contribution is 7.86. The van der Waals surface area contributed by atoms with Crippen LogP contribution in [0.3, 0.4) is 0 Å². The minimum Gasteiger partial charge on any atom is -0.285 e. The van der Waals surface area contributed by atoms with Crippen molar-refractivity contribution in [3.63, 3.8) is 0 Å². The molecule has 1 heterocycles. The van der Waals surface area contributed by atoms with Crippen LogP contribution in [0.5, 0.6) is 0 Å². The van der Waals surface area contributed by atoms with E-state index in [0.717, 1.165) is 22.4 Å². The highest BCUT2D eigenvalue weighted by Crippen LogP contribution is 2.27. The van der Waals surface area contributed by atoms with Crippen LogP contribution in [0.4, 0.5) is 5.82 Å². The Balaban J connectivity index is 1.85. The first-order valence-corrected chi connectivity index (χ1v) is 9.04. The fourth-order valence-electron chi connectivity index (χ4n) is 2.49. The minimum atomic E-state index is -1.36. The van der Waals surface area contributed by atoms with Crippen molar-refractivity contribution in [3.8, 4) is 11.1 Å². The highest BCUT2D eigenvalue weighted by Gasteiger charge is 2.09. The number of halogens is 1. The van der Waals surface area contributed by atoms with Crippen LogP contribution in [0.2, 0.25) is 5.02 Å². The van der Waals surface area contributed by atoms with Crippen molar-refractivity contribution in [1.29, 1.82) is 0 Å². The van der Waals surface area contributed by atoms with E-state index in [1.54, 1.807) is 6.07 Å². The lowest BCUT2D eigenvalue weighted by molar-refractivity contribution is 0.686. The van der Waals surface area contributed by atoms with Crippen molar-refractivity contribution >= 4 is 28.4 Å². The van der Waals surface area contributed by atoms with Gasteiger partial charge in [-0.15, -0.1) is 0 Å². The van der Waals surface area contributed by atoms with Crippen LogP contribution < -0.4 is 4.72 Å². The third-order valence-electron chi connectivity index (χ3n) is 3.63. The maximum atomic E-state index is 12.5. The predicted octanol–water partition coefficient (Wildman–Crippen LogP) is 5.15. The molecule has 3 nitrogen and oxygen atoms in total. The number of aromatic nitrogens is 1. The summed E-state index contributed by atoms with van der Waals surface area (Å²) in [6.07, 6.45) is 0. The average Bonchev–Trinajstić information content (AvgIpc) is 2.54. The van der Waals surface area contributed by atoms with Crippen molar-refractivity contribution in [2.45, 2.75) is 18.7 Å². The smallest absolute Gasteiger partial charge is 0.151 e.